The first-order valence-corrected chi connectivity index (χ1v) is 9.00. The van der Waals surface area contributed by atoms with Gasteiger partial charge in [-0.15, -0.1) is 0 Å². The van der Waals surface area contributed by atoms with Crippen molar-refractivity contribution in [3.8, 4) is 0 Å². The molecule has 0 heterocycles. The van der Waals surface area contributed by atoms with Crippen molar-refractivity contribution in [1.82, 2.24) is 0 Å². The van der Waals surface area contributed by atoms with Gasteiger partial charge in [-0.1, -0.05) is 5.57 Å². The molecule has 0 radical (unpaired) electrons. The van der Waals surface area contributed by atoms with Crippen LogP contribution >= 0.6 is 7.60 Å². The van der Waals surface area contributed by atoms with Crippen molar-refractivity contribution in [3.05, 3.63) is 11.1 Å². The van der Waals surface area contributed by atoms with Gasteiger partial charge in [-0.3, -0.25) is 4.57 Å². The molecule has 1 aliphatic rings. The molecule has 0 bridgehead atoms. The molecule has 1 rings (SSSR count). The molecule has 3 nitrogen and oxygen atoms in total. The third-order valence-corrected chi connectivity index (χ3v) is 5.26. The minimum atomic E-state index is -4.49. The fourth-order valence-electron chi connectivity index (χ4n) is 2.44. The predicted octanol–water partition coefficient (Wildman–Crippen LogP) is 5.46. The van der Waals surface area contributed by atoms with Crippen LogP contribution in [0.3, 0.4) is 0 Å². The average Bonchev–Trinajstić information content (AvgIpc) is 2.74. The summed E-state index contributed by atoms with van der Waals surface area (Å²) in [6.45, 7) is 6.53. The molecule has 21 heavy (non-hydrogen) atoms. The van der Waals surface area contributed by atoms with Gasteiger partial charge in [0.05, 0.1) is 18.4 Å². The minimum Gasteiger partial charge on any atom is -0.306 e. The van der Waals surface area contributed by atoms with E-state index in [-0.39, 0.29) is 0 Å². The molecule has 0 aromatic carbocycles. The van der Waals surface area contributed by atoms with Crippen LogP contribution in [0.5, 0.6) is 0 Å². The van der Waals surface area contributed by atoms with Crippen molar-refractivity contribution in [2.24, 2.45) is 0 Å². The average molecular weight is 328 g/mol. The lowest BCUT2D eigenvalue weighted by atomic mass is 10.1. The third kappa shape index (κ3) is 6.13. The van der Waals surface area contributed by atoms with Crippen LogP contribution in [-0.2, 0) is 13.6 Å². The third-order valence-electron chi connectivity index (χ3n) is 3.07. The molecule has 0 aromatic heterocycles. The zero-order valence-electron chi connectivity index (χ0n) is 13.0. The highest BCUT2D eigenvalue weighted by molar-refractivity contribution is 7.54. The van der Waals surface area contributed by atoms with Gasteiger partial charge in [-0.25, -0.2) is 0 Å². The van der Waals surface area contributed by atoms with Crippen molar-refractivity contribution in [2.75, 3.05) is 6.16 Å². The van der Waals surface area contributed by atoms with Crippen molar-refractivity contribution < 1.29 is 26.8 Å². The van der Waals surface area contributed by atoms with E-state index in [2.05, 4.69) is 0 Å². The van der Waals surface area contributed by atoms with Gasteiger partial charge in [0.1, 0.15) is 0 Å². The zero-order chi connectivity index (χ0) is 16.3. The van der Waals surface area contributed by atoms with Crippen LogP contribution in [0.15, 0.2) is 11.1 Å². The Bertz CT molecular complexity index is 406. The van der Waals surface area contributed by atoms with Crippen LogP contribution in [0, 0.1) is 0 Å². The van der Waals surface area contributed by atoms with E-state index >= 15 is 0 Å². The Kier molecular flexibility index (Phi) is 6.51. The van der Waals surface area contributed by atoms with E-state index in [4.69, 9.17) is 9.05 Å². The SMILES string of the molecule is CC(C)OP(=O)(CC(=C1CCCC1)C(F)(F)F)OC(C)C. The van der Waals surface area contributed by atoms with Crippen molar-refractivity contribution in [1.29, 1.82) is 0 Å². The number of alkyl halides is 3. The van der Waals surface area contributed by atoms with Gasteiger partial charge in [-0.05, 0) is 53.4 Å². The maximum atomic E-state index is 13.3. The number of halogens is 3. The summed E-state index contributed by atoms with van der Waals surface area (Å²) in [5, 5.41) is 0. The smallest absolute Gasteiger partial charge is 0.306 e. The number of rotatable bonds is 6. The standard InChI is InChI=1S/C14H24F3O3P/c1-10(2)19-21(18,20-11(3)4)9-13(14(15,16)17)12-7-5-6-8-12/h10-11H,5-9H2,1-4H3. The molecule has 1 saturated carbocycles. The minimum absolute atomic E-state index is 0.349. The lowest BCUT2D eigenvalue weighted by molar-refractivity contribution is -0.0926. The Hall–Kier alpha value is -0.320. The summed E-state index contributed by atoms with van der Waals surface area (Å²) < 4.78 is 63.0. The van der Waals surface area contributed by atoms with Gasteiger partial charge >= 0.3 is 13.8 Å². The van der Waals surface area contributed by atoms with E-state index < -0.39 is 37.7 Å². The number of hydrogen-bond acceptors (Lipinski definition) is 3. The molecular weight excluding hydrogens is 304 g/mol. The lowest BCUT2D eigenvalue weighted by Gasteiger charge is -2.25. The summed E-state index contributed by atoms with van der Waals surface area (Å²) in [5.74, 6) is 0. The Balaban J connectivity index is 3.08. The highest BCUT2D eigenvalue weighted by Gasteiger charge is 2.42. The molecule has 0 aliphatic heterocycles. The maximum Gasteiger partial charge on any atom is 0.413 e. The summed E-state index contributed by atoms with van der Waals surface area (Å²) >= 11 is 0. The molecule has 0 unspecified atom stereocenters. The highest BCUT2D eigenvalue weighted by Crippen LogP contribution is 2.55. The van der Waals surface area contributed by atoms with Crippen molar-refractivity contribution in [3.63, 3.8) is 0 Å². The fraction of sp³-hybridized carbons (Fsp3) is 0.857. The van der Waals surface area contributed by atoms with E-state index in [0.29, 0.717) is 18.4 Å². The van der Waals surface area contributed by atoms with Gasteiger partial charge in [-0.2, -0.15) is 13.2 Å². The van der Waals surface area contributed by atoms with E-state index in [1.54, 1.807) is 27.7 Å². The molecule has 0 spiro atoms. The van der Waals surface area contributed by atoms with Crippen LogP contribution in [0.4, 0.5) is 13.2 Å². The zero-order valence-corrected chi connectivity index (χ0v) is 13.9. The van der Waals surface area contributed by atoms with Crippen LogP contribution in [0.1, 0.15) is 53.4 Å². The second-order valence-corrected chi connectivity index (χ2v) is 7.82. The van der Waals surface area contributed by atoms with Gasteiger partial charge in [0.25, 0.3) is 0 Å². The first-order chi connectivity index (χ1) is 9.53. The summed E-state index contributed by atoms with van der Waals surface area (Å²) in [5.41, 5.74) is -0.368. The second kappa shape index (κ2) is 7.30. The molecule has 1 fully saturated rings. The molecule has 0 aromatic rings. The van der Waals surface area contributed by atoms with Gasteiger partial charge in [0, 0.05) is 5.57 Å². The predicted molar refractivity (Wildman–Crippen MR) is 76.5 cm³/mol. The molecular formula is C14H24F3O3P. The Morgan fingerprint density at radius 2 is 1.52 bits per heavy atom. The summed E-state index contributed by atoms with van der Waals surface area (Å²) in [6, 6.07) is 0. The quantitative estimate of drug-likeness (QED) is 0.479. The van der Waals surface area contributed by atoms with Crippen LogP contribution in [-0.4, -0.2) is 24.5 Å². The van der Waals surface area contributed by atoms with E-state index in [9.17, 15) is 17.7 Å². The van der Waals surface area contributed by atoms with Crippen LogP contribution in [0.25, 0.3) is 0 Å². The first kappa shape index (κ1) is 18.7. The van der Waals surface area contributed by atoms with E-state index in [1.165, 1.54) is 0 Å². The Morgan fingerprint density at radius 1 is 1.10 bits per heavy atom. The maximum absolute atomic E-state index is 13.3. The van der Waals surface area contributed by atoms with Crippen LogP contribution in [0.2, 0.25) is 0 Å². The highest BCUT2D eigenvalue weighted by atomic mass is 31.2. The molecule has 7 heteroatoms. The van der Waals surface area contributed by atoms with E-state index in [0.717, 1.165) is 12.8 Å². The topological polar surface area (TPSA) is 35.5 Å². The number of allylic oxidation sites excluding steroid dienone is 2. The van der Waals surface area contributed by atoms with Crippen molar-refractivity contribution >= 4 is 7.60 Å². The largest absolute Gasteiger partial charge is 0.413 e. The summed E-state index contributed by atoms with van der Waals surface area (Å²) in [7, 11) is -3.81. The normalized spacial score (nSPS) is 17.1. The Labute approximate surface area is 124 Å². The molecule has 0 amide bonds. The van der Waals surface area contributed by atoms with E-state index in [1.807, 2.05) is 0 Å². The first-order valence-electron chi connectivity index (χ1n) is 7.27. The second-order valence-electron chi connectivity index (χ2n) is 5.86. The van der Waals surface area contributed by atoms with Gasteiger partial charge < -0.3 is 9.05 Å². The molecule has 124 valence electrons. The Morgan fingerprint density at radius 3 is 1.86 bits per heavy atom. The monoisotopic (exact) mass is 328 g/mol. The summed E-state index contributed by atoms with van der Waals surface area (Å²) in [4.78, 5) is 0. The van der Waals surface area contributed by atoms with Gasteiger partial charge in [0.2, 0.25) is 0 Å². The molecule has 0 atom stereocenters. The molecule has 0 saturated heterocycles. The molecule has 1 aliphatic carbocycles. The summed E-state index contributed by atoms with van der Waals surface area (Å²) in [6.07, 6.45) is -3.78. The number of hydrogen-bond donors (Lipinski definition) is 0. The fourth-order valence-corrected chi connectivity index (χ4v) is 4.71. The van der Waals surface area contributed by atoms with Crippen molar-refractivity contribution in [2.45, 2.75) is 71.8 Å². The van der Waals surface area contributed by atoms with Gasteiger partial charge in [0.15, 0.2) is 0 Å². The lowest BCUT2D eigenvalue weighted by Crippen LogP contribution is -2.20. The molecule has 0 N–H and O–H groups in total. The van der Waals surface area contributed by atoms with Crippen LogP contribution < -0.4 is 0 Å².